The highest BCUT2D eigenvalue weighted by molar-refractivity contribution is 5.81. The van der Waals surface area contributed by atoms with Gasteiger partial charge in [-0.1, -0.05) is 0 Å². The minimum atomic E-state index is 0.206. The highest BCUT2D eigenvalue weighted by Crippen LogP contribution is 2.27. The van der Waals surface area contributed by atoms with Gasteiger partial charge in [0, 0.05) is 31.1 Å². The number of rotatable bonds is 4. The predicted molar refractivity (Wildman–Crippen MR) is 59.6 cm³/mol. The number of β-lactam (4-membered cyclic amide) rings is 1. The third-order valence-electron chi connectivity index (χ3n) is 2.80. The summed E-state index contributed by atoms with van der Waals surface area (Å²) in [5, 5.41) is 0. The minimum absolute atomic E-state index is 0.206. The van der Waals surface area contributed by atoms with Crippen molar-refractivity contribution in [1.29, 1.82) is 0 Å². The molecule has 4 heteroatoms. The van der Waals surface area contributed by atoms with Crippen LogP contribution in [0.5, 0.6) is 11.5 Å². The third-order valence-corrected chi connectivity index (χ3v) is 2.80. The maximum Gasteiger partial charge on any atom is 0.224 e. The Morgan fingerprint density at radius 1 is 1.31 bits per heavy atom. The lowest BCUT2D eigenvalue weighted by Gasteiger charge is -2.31. The lowest BCUT2D eigenvalue weighted by atomic mass is 10.1. The second kappa shape index (κ2) is 4.43. The van der Waals surface area contributed by atoms with Crippen molar-refractivity contribution in [2.24, 2.45) is 0 Å². The van der Waals surface area contributed by atoms with Gasteiger partial charge >= 0.3 is 0 Å². The average molecular weight is 221 g/mol. The van der Waals surface area contributed by atoms with Crippen LogP contribution in [0.25, 0.3) is 0 Å². The Kier molecular flexibility index (Phi) is 2.99. The van der Waals surface area contributed by atoms with Gasteiger partial charge in [-0.15, -0.1) is 0 Å². The largest absolute Gasteiger partial charge is 0.497 e. The zero-order chi connectivity index (χ0) is 11.5. The summed E-state index contributed by atoms with van der Waals surface area (Å²) in [6, 6.07) is 5.64. The van der Waals surface area contributed by atoms with Crippen molar-refractivity contribution in [3.63, 3.8) is 0 Å². The van der Waals surface area contributed by atoms with Crippen LogP contribution in [0.2, 0.25) is 0 Å². The molecule has 1 amide bonds. The fraction of sp³-hybridized carbons (Fsp3) is 0.417. The van der Waals surface area contributed by atoms with E-state index in [1.807, 2.05) is 23.1 Å². The second-order valence-electron chi connectivity index (χ2n) is 3.74. The maximum absolute atomic E-state index is 11.2. The highest BCUT2D eigenvalue weighted by atomic mass is 16.5. The minimum Gasteiger partial charge on any atom is -0.497 e. The van der Waals surface area contributed by atoms with Gasteiger partial charge in [0.1, 0.15) is 11.5 Å². The van der Waals surface area contributed by atoms with Gasteiger partial charge in [0.2, 0.25) is 5.91 Å². The van der Waals surface area contributed by atoms with Crippen molar-refractivity contribution in [3.05, 3.63) is 23.8 Å². The van der Waals surface area contributed by atoms with E-state index in [0.717, 1.165) is 23.6 Å². The van der Waals surface area contributed by atoms with Gasteiger partial charge < -0.3 is 14.4 Å². The van der Waals surface area contributed by atoms with Crippen LogP contribution in [-0.2, 0) is 11.3 Å². The third kappa shape index (κ3) is 1.96. The molecule has 0 saturated carbocycles. The Morgan fingerprint density at radius 3 is 2.62 bits per heavy atom. The molecule has 2 rings (SSSR count). The quantitative estimate of drug-likeness (QED) is 0.722. The summed E-state index contributed by atoms with van der Waals surface area (Å²) in [7, 11) is 3.24. The van der Waals surface area contributed by atoms with Gasteiger partial charge in [0.25, 0.3) is 0 Å². The van der Waals surface area contributed by atoms with E-state index >= 15 is 0 Å². The van der Waals surface area contributed by atoms with Crippen LogP contribution < -0.4 is 9.47 Å². The lowest BCUT2D eigenvalue weighted by molar-refractivity contribution is -0.140. The average Bonchev–Trinajstić information content (AvgIpc) is 2.33. The number of hydrogen-bond donors (Lipinski definition) is 0. The molecule has 1 fully saturated rings. The zero-order valence-corrected chi connectivity index (χ0v) is 9.53. The van der Waals surface area contributed by atoms with Crippen molar-refractivity contribution >= 4 is 5.91 Å². The first-order valence-electron chi connectivity index (χ1n) is 5.23. The van der Waals surface area contributed by atoms with Crippen LogP contribution in [0.15, 0.2) is 18.2 Å². The molecule has 0 atom stereocenters. The van der Waals surface area contributed by atoms with Crippen LogP contribution >= 0.6 is 0 Å². The number of hydrogen-bond acceptors (Lipinski definition) is 3. The van der Waals surface area contributed by atoms with E-state index in [9.17, 15) is 4.79 Å². The first-order chi connectivity index (χ1) is 7.74. The predicted octanol–water partition coefficient (Wildman–Crippen LogP) is 1.44. The number of carbonyl (C=O) groups is 1. The van der Waals surface area contributed by atoms with Gasteiger partial charge in [-0.25, -0.2) is 0 Å². The van der Waals surface area contributed by atoms with Crippen LogP contribution in [0.3, 0.4) is 0 Å². The Labute approximate surface area is 94.8 Å². The SMILES string of the molecule is COc1ccc(CN2CCC2=O)c(OC)c1. The molecule has 1 aliphatic heterocycles. The normalized spacial score (nSPS) is 14.6. The van der Waals surface area contributed by atoms with Gasteiger partial charge in [-0.3, -0.25) is 4.79 Å². The van der Waals surface area contributed by atoms with Crippen LogP contribution in [0, 0.1) is 0 Å². The van der Waals surface area contributed by atoms with Gasteiger partial charge in [0.05, 0.1) is 14.2 Å². The number of carbonyl (C=O) groups excluding carboxylic acids is 1. The molecule has 0 aliphatic carbocycles. The van der Waals surface area contributed by atoms with Gasteiger partial charge in [-0.2, -0.15) is 0 Å². The second-order valence-corrected chi connectivity index (χ2v) is 3.74. The monoisotopic (exact) mass is 221 g/mol. The summed E-state index contributed by atoms with van der Waals surface area (Å²) in [4.78, 5) is 13.0. The summed E-state index contributed by atoms with van der Waals surface area (Å²) in [5.74, 6) is 1.73. The van der Waals surface area contributed by atoms with Crippen molar-refractivity contribution in [1.82, 2.24) is 4.90 Å². The van der Waals surface area contributed by atoms with Gasteiger partial charge in [0.15, 0.2) is 0 Å². The van der Waals surface area contributed by atoms with Crippen molar-refractivity contribution in [2.45, 2.75) is 13.0 Å². The van der Waals surface area contributed by atoms with Gasteiger partial charge in [-0.05, 0) is 12.1 Å². The summed E-state index contributed by atoms with van der Waals surface area (Å²) >= 11 is 0. The van der Waals surface area contributed by atoms with E-state index in [0.29, 0.717) is 13.0 Å². The van der Waals surface area contributed by atoms with Crippen molar-refractivity contribution in [3.8, 4) is 11.5 Å². The fourth-order valence-corrected chi connectivity index (χ4v) is 1.72. The Bertz CT molecular complexity index is 403. The molecule has 86 valence electrons. The zero-order valence-electron chi connectivity index (χ0n) is 9.53. The van der Waals surface area contributed by atoms with Crippen molar-refractivity contribution in [2.75, 3.05) is 20.8 Å². The fourth-order valence-electron chi connectivity index (χ4n) is 1.72. The molecule has 1 aliphatic rings. The number of methoxy groups -OCH3 is 2. The van der Waals surface area contributed by atoms with Crippen LogP contribution in [-0.4, -0.2) is 31.6 Å². The topological polar surface area (TPSA) is 38.8 Å². The van der Waals surface area contributed by atoms with E-state index in [-0.39, 0.29) is 5.91 Å². The van der Waals surface area contributed by atoms with E-state index in [2.05, 4.69) is 0 Å². The van der Waals surface area contributed by atoms with E-state index in [1.54, 1.807) is 14.2 Å². The molecule has 1 saturated heterocycles. The Balaban J connectivity index is 2.16. The molecule has 0 bridgehead atoms. The van der Waals surface area contributed by atoms with Crippen molar-refractivity contribution < 1.29 is 14.3 Å². The molecule has 16 heavy (non-hydrogen) atoms. The number of nitrogens with zero attached hydrogens (tertiary/aromatic N) is 1. The summed E-state index contributed by atoms with van der Waals surface area (Å²) in [6.07, 6.45) is 0.665. The maximum atomic E-state index is 11.2. The summed E-state index contributed by atoms with van der Waals surface area (Å²) in [6.45, 7) is 1.46. The van der Waals surface area contributed by atoms with Crippen LogP contribution in [0.1, 0.15) is 12.0 Å². The smallest absolute Gasteiger partial charge is 0.224 e. The molecular formula is C12H15NO3. The molecule has 4 nitrogen and oxygen atoms in total. The molecule has 0 N–H and O–H groups in total. The molecule has 1 aromatic rings. The van der Waals surface area contributed by atoms with E-state index in [4.69, 9.17) is 9.47 Å². The van der Waals surface area contributed by atoms with Crippen LogP contribution in [0.4, 0.5) is 0 Å². The molecule has 1 aromatic carbocycles. The molecule has 0 unspecified atom stereocenters. The van der Waals surface area contributed by atoms with E-state index < -0.39 is 0 Å². The Morgan fingerprint density at radius 2 is 2.12 bits per heavy atom. The molecular weight excluding hydrogens is 206 g/mol. The highest BCUT2D eigenvalue weighted by Gasteiger charge is 2.24. The summed E-state index contributed by atoms with van der Waals surface area (Å²) < 4.78 is 10.4. The number of ether oxygens (including phenoxy) is 2. The lowest BCUT2D eigenvalue weighted by Crippen LogP contribution is -2.42. The molecule has 0 aromatic heterocycles. The standard InChI is InChI=1S/C12H15NO3/c1-15-10-4-3-9(11(7-10)16-2)8-13-6-5-12(13)14/h3-4,7H,5-6,8H2,1-2H3. The van der Waals surface area contributed by atoms with E-state index in [1.165, 1.54) is 0 Å². The number of benzene rings is 1. The molecule has 0 radical (unpaired) electrons. The first-order valence-corrected chi connectivity index (χ1v) is 5.23. The first kappa shape index (κ1) is 10.8. The molecule has 1 heterocycles. The Hall–Kier alpha value is -1.71. The summed E-state index contributed by atoms with van der Waals surface area (Å²) in [5.41, 5.74) is 1.01. The number of likely N-dealkylation sites (tertiary alicyclic amines) is 1. The molecule has 0 spiro atoms. The number of amides is 1.